The van der Waals surface area contributed by atoms with Crippen molar-refractivity contribution in [1.82, 2.24) is 9.80 Å². The molecule has 1 saturated heterocycles. The Bertz CT molecular complexity index is 1400. The quantitative estimate of drug-likeness (QED) is 0.143. The number of nitrogens with zero attached hydrogens (tertiary/aromatic N) is 2. The van der Waals surface area contributed by atoms with Gasteiger partial charge in [0.05, 0.1) is 12.0 Å². The van der Waals surface area contributed by atoms with Crippen LogP contribution in [-0.4, -0.2) is 47.8 Å². The van der Waals surface area contributed by atoms with Crippen LogP contribution in [0.3, 0.4) is 0 Å². The van der Waals surface area contributed by atoms with E-state index in [-0.39, 0.29) is 36.6 Å². The van der Waals surface area contributed by atoms with Gasteiger partial charge in [-0.25, -0.2) is 0 Å². The molecule has 0 spiro atoms. The molecule has 3 aromatic rings. The largest absolute Gasteiger partial charge is 0.465 e. The average molecular weight is 668 g/mol. The van der Waals surface area contributed by atoms with E-state index in [1.54, 1.807) is 0 Å². The molecule has 46 heavy (non-hydrogen) atoms. The van der Waals surface area contributed by atoms with Gasteiger partial charge < -0.3 is 4.74 Å². The molecule has 5 rings (SSSR count). The van der Waals surface area contributed by atoms with E-state index in [0.717, 1.165) is 76.1 Å². The van der Waals surface area contributed by atoms with E-state index >= 15 is 0 Å². The number of halogens is 2. The van der Waals surface area contributed by atoms with Crippen LogP contribution in [0.4, 0.5) is 0 Å². The summed E-state index contributed by atoms with van der Waals surface area (Å²) in [6.07, 6.45) is 7.33. The average Bonchev–Trinajstić information content (AvgIpc) is 3.23. The molecule has 0 N–H and O–H groups in total. The van der Waals surface area contributed by atoms with Gasteiger partial charge >= 0.3 is 5.97 Å². The van der Waals surface area contributed by atoms with Gasteiger partial charge in [0.15, 0.2) is 5.78 Å². The molecule has 3 aromatic carbocycles. The molecule has 7 heteroatoms. The van der Waals surface area contributed by atoms with Crippen molar-refractivity contribution in [2.24, 2.45) is 5.92 Å². The Morgan fingerprint density at radius 3 is 2.28 bits per heavy atom. The Morgan fingerprint density at radius 2 is 1.54 bits per heavy atom. The number of hydrogen-bond acceptors (Lipinski definition) is 5. The molecule has 0 radical (unpaired) electrons. The molecule has 2 heterocycles. The summed E-state index contributed by atoms with van der Waals surface area (Å²) in [5, 5.41) is 0. The first-order chi connectivity index (χ1) is 21.3. The highest BCUT2D eigenvalue weighted by molar-refractivity contribution is 5.96. The first-order valence-electron chi connectivity index (χ1n) is 16.7. The highest BCUT2D eigenvalue weighted by atomic mass is 35.5. The molecule has 250 valence electrons. The van der Waals surface area contributed by atoms with Crippen LogP contribution in [0.15, 0.2) is 72.8 Å². The van der Waals surface area contributed by atoms with E-state index in [1.807, 2.05) is 26.8 Å². The number of esters is 1. The molecule has 0 unspecified atom stereocenters. The summed E-state index contributed by atoms with van der Waals surface area (Å²) in [4.78, 5) is 30.7. The van der Waals surface area contributed by atoms with Crippen LogP contribution in [0.2, 0.25) is 0 Å². The number of carbonyl (C=O) groups excluding carboxylic acids is 2. The predicted octanol–water partition coefficient (Wildman–Crippen LogP) is 8.58. The summed E-state index contributed by atoms with van der Waals surface area (Å²) in [5.41, 5.74) is 6.55. The summed E-state index contributed by atoms with van der Waals surface area (Å²) >= 11 is 0. The number of hydrogen-bond donors (Lipinski definition) is 0. The van der Waals surface area contributed by atoms with Crippen LogP contribution >= 0.6 is 24.8 Å². The number of rotatable bonds is 12. The Hall–Kier alpha value is -2.70. The molecule has 2 aliphatic heterocycles. The lowest BCUT2D eigenvalue weighted by Gasteiger charge is -2.32. The maximum atomic E-state index is 13.2. The molecular weight excluding hydrogens is 615 g/mol. The minimum atomic E-state index is -0.655. The van der Waals surface area contributed by atoms with E-state index in [0.29, 0.717) is 18.9 Å². The van der Waals surface area contributed by atoms with Gasteiger partial charge in [0.1, 0.15) is 0 Å². The van der Waals surface area contributed by atoms with Crippen LogP contribution in [0.1, 0.15) is 97.5 Å². The van der Waals surface area contributed by atoms with Gasteiger partial charge in [0.2, 0.25) is 0 Å². The van der Waals surface area contributed by atoms with Crippen molar-refractivity contribution in [3.63, 3.8) is 0 Å². The third kappa shape index (κ3) is 10.1. The van der Waals surface area contributed by atoms with Gasteiger partial charge in [-0.1, -0.05) is 66.7 Å². The van der Waals surface area contributed by atoms with Gasteiger partial charge in [-0.15, -0.1) is 24.8 Å². The Labute approximate surface area is 288 Å². The normalized spacial score (nSPS) is 16.0. The number of likely N-dealkylation sites (tertiary alicyclic amines) is 1. The van der Waals surface area contributed by atoms with Crippen molar-refractivity contribution < 1.29 is 14.3 Å². The van der Waals surface area contributed by atoms with Crippen LogP contribution in [-0.2, 0) is 41.0 Å². The van der Waals surface area contributed by atoms with Crippen molar-refractivity contribution in [2.75, 3.05) is 26.2 Å². The molecule has 0 atom stereocenters. The number of benzene rings is 3. The topological polar surface area (TPSA) is 49.9 Å². The first-order valence-corrected chi connectivity index (χ1v) is 16.7. The summed E-state index contributed by atoms with van der Waals surface area (Å²) in [6.45, 7) is 12.1. The lowest BCUT2D eigenvalue weighted by Crippen LogP contribution is -2.34. The molecule has 0 bridgehead atoms. The molecule has 5 nitrogen and oxygen atoms in total. The van der Waals surface area contributed by atoms with Crippen molar-refractivity contribution in [3.05, 3.63) is 106 Å². The van der Waals surface area contributed by atoms with Crippen molar-refractivity contribution in [2.45, 2.75) is 90.8 Å². The highest BCUT2D eigenvalue weighted by Crippen LogP contribution is 2.28. The zero-order chi connectivity index (χ0) is 30.9. The summed E-state index contributed by atoms with van der Waals surface area (Å²) < 4.78 is 5.31. The molecule has 0 aromatic heterocycles. The standard InChI is InChI=1S/C39H50N2O3.2ClH/c1-4-44-38(43)39(2,3)36-16-8-14-32(25-36)28-40-23-20-30(21-24-40)13-9-17-37(42)34-19-18-33-15-10-22-41(29-35(33)26-34)27-31-11-6-5-7-12-31;;/h5-8,11-12,14,16,18-19,25-26,30H,4,9-10,13,15,17,20-24,27-29H2,1-3H3;2*1H. The number of aryl methyl sites for hydroxylation is 1. The fraction of sp³-hybridized carbons (Fsp3) is 0.487. The minimum absolute atomic E-state index is 0. The fourth-order valence-corrected chi connectivity index (χ4v) is 6.85. The molecule has 0 amide bonds. The fourth-order valence-electron chi connectivity index (χ4n) is 6.85. The number of Topliss-reactive ketones (excluding diaryl/α,β-unsaturated/α-hetero) is 1. The van der Waals surface area contributed by atoms with Gasteiger partial charge in [-0.3, -0.25) is 19.4 Å². The number of carbonyl (C=O) groups is 2. The summed E-state index contributed by atoms with van der Waals surface area (Å²) in [5.74, 6) is 0.797. The van der Waals surface area contributed by atoms with Gasteiger partial charge in [0, 0.05) is 31.6 Å². The van der Waals surface area contributed by atoms with Crippen molar-refractivity contribution >= 4 is 36.6 Å². The van der Waals surface area contributed by atoms with Gasteiger partial charge in [-0.2, -0.15) is 0 Å². The van der Waals surface area contributed by atoms with E-state index in [2.05, 4.69) is 76.5 Å². The third-order valence-corrected chi connectivity index (χ3v) is 9.66. The third-order valence-electron chi connectivity index (χ3n) is 9.66. The van der Waals surface area contributed by atoms with Crippen LogP contribution in [0.5, 0.6) is 0 Å². The van der Waals surface area contributed by atoms with Crippen LogP contribution in [0.25, 0.3) is 0 Å². The maximum Gasteiger partial charge on any atom is 0.315 e. The second kappa shape index (κ2) is 18.0. The first kappa shape index (κ1) is 37.8. The Balaban J connectivity index is 0.00000288. The van der Waals surface area contributed by atoms with Crippen LogP contribution < -0.4 is 0 Å². The number of ether oxygens (including phenoxy) is 1. The Kier molecular flexibility index (Phi) is 14.8. The number of fused-ring (bicyclic) bond motifs is 1. The molecule has 0 aliphatic carbocycles. The lowest BCUT2D eigenvalue weighted by molar-refractivity contribution is -0.148. The zero-order valence-corrected chi connectivity index (χ0v) is 29.5. The Morgan fingerprint density at radius 1 is 0.826 bits per heavy atom. The molecule has 1 fully saturated rings. The highest BCUT2D eigenvalue weighted by Gasteiger charge is 2.31. The molecular formula is C39H52Cl2N2O3. The van der Waals surface area contributed by atoms with E-state index < -0.39 is 5.41 Å². The number of piperidine rings is 1. The van der Waals surface area contributed by atoms with Gasteiger partial charge in [0.25, 0.3) is 0 Å². The van der Waals surface area contributed by atoms with Crippen molar-refractivity contribution in [3.8, 4) is 0 Å². The molecule has 0 saturated carbocycles. The number of ketones is 1. The second-order valence-corrected chi connectivity index (χ2v) is 13.4. The maximum absolute atomic E-state index is 13.2. The summed E-state index contributed by atoms with van der Waals surface area (Å²) in [7, 11) is 0. The summed E-state index contributed by atoms with van der Waals surface area (Å²) in [6, 6.07) is 25.5. The molecule has 2 aliphatic rings. The second-order valence-electron chi connectivity index (χ2n) is 13.4. The van der Waals surface area contributed by atoms with Crippen LogP contribution in [0, 0.1) is 5.92 Å². The SMILES string of the molecule is CCOC(=O)C(C)(C)c1cccc(CN2CCC(CCCC(=O)c3ccc4c(c3)CN(Cc3ccccc3)CCC4)CC2)c1.Cl.Cl. The monoisotopic (exact) mass is 666 g/mol. The minimum Gasteiger partial charge on any atom is -0.465 e. The van der Waals surface area contributed by atoms with E-state index in [1.165, 1.54) is 35.1 Å². The van der Waals surface area contributed by atoms with Gasteiger partial charge in [-0.05, 0) is 119 Å². The zero-order valence-electron chi connectivity index (χ0n) is 27.8. The van der Waals surface area contributed by atoms with E-state index in [9.17, 15) is 9.59 Å². The lowest BCUT2D eigenvalue weighted by atomic mass is 9.84. The predicted molar refractivity (Wildman–Crippen MR) is 192 cm³/mol. The van der Waals surface area contributed by atoms with Crippen molar-refractivity contribution in [1.29, 1.82) is 0 Å². The van der Waals surface area contributed by atoms with E-state index in [4.69, 9.17) is 4.74 Å². The smallest absolute Gasteiger partial charge is 0.315 e.